The Morgan fingerprint density at radius 1 is 1.22 bits per heavy atom. The fourth-order valence-corrected chi connectivity index (χ4v) is 1.84. The molecule has 0 aliphatic carbocycles. The molecule has 2 aromatic rings. The summed E-state index contributed by atoms with van der Waals surface area (Å²) < 4.78 is 13.6. The molecule has 2 aromatic carbocycles. The first-order valence-electron chi connectivity index (χ1n) is 5.40. The SMILES string of the molecule is NCc1cccc(C(=O)c2cc(Cl)ccc2F)c1. The van der Waals surface area contributed by atoms with Gasteiger partial charge in [0.25, 0.3) is 0 Å². The van der Waals surface area contributed by atoms with Crippen LogP contribution in [0.25, 0.3) is 0 Å². The van der Waals surface area contributed by atoms with Gasteiger partial charge in [-0.05, 0) is 29.8 Å². The molecule has 0 saturated carbocycles. The molecule has 0 aliphatic heterocycles. The number of ketones is 1. The fraction of sp³-hybridized carbons (Fsp3) is 0.0714. The van der Waals surface area contributed by atoms with E-state index in [4.69, 9.17) is 17.3 Å². The molecule has 92 valence electrons. The summed E-state index contributed by atoms with van der Waals surface area (Å²) in [4.78, 5) is 12.1. The van der Waals surface area contributed by atoms with Crippen LogP contribution in [0.15, 0.2) is 42.5 Å². The monoisotopic (exact) mass is 263 g/mol. The Morgan fingerprint density at radius 3 is 2.72 bits per heavy atom. The smallest absolute Gasteiger partial charge is 0.196 e. The van der Waals surface area contributed by atoms with Crippen molar-refractivity contribution in [2.24, 2.45) is 5.73 Å². The average molecular weight is 264 g/mol. The van der Waals surface area contributed by atoms with Gasteiger partial charge in [-0.1, -0.05) is 29.8 Å². The van der Waals surface area contributed by atoms with Crippen LogP contribution in [0.1, 0.15) is 21.5 Å². The van der Waals surface area contributed by atoms with Crippen molar-refractivity contribution in [2.45, 2.75) is 6.54 Å². The van der Waals surface area contributed by atoms with Crippen LogP contribution in [-0.4, -0.2) is 5.78 Å². The lowest BCUT2D eigenvalue weighted by Gasteiger charge is -2.05. The normalized spacial score (nSPS) is 10.4. The van der Waals surface area contributed by atoms with E-state index in [0.29, 0.717) is 17.1 Å². The van der Waals surface area contributed by atoms with E-state index in [1.54, 1.807) is 18.2 Å². The van der Waals surface area contributed by atoms with Crippen molar-refractivity contribution in [3.63, 3.8) is 0 Å². The number of rotatable bonds is 3. The van der Waals surface area contributed by atoms with E-state index in [0.717, 1.165) is 5.56 Å². The minimum atomic E-state index is -0.581. The van der Waals surface area contributed by atoms with Crippen LogP contribution in [0.3, 0.4) is 0 Å². The van der Waals surface area contributed by atoms with E-state index in [-0.39, 0.29) is 5.56 Å². The van der Waals surface area contributed by atoms with Gasteiger partial charge >= 0.3 is 0 Å². The summed E-state index contributed by atoms with van der Waals surface area (Å²) in [6.45, 7) is 0.332. The quantitative estimate of drug-likeness (QED) is 0.865. The zero-order valence-electron chi connectivity index (χ0n) is 9.49. The zero-order chi connectivity index (χ0) is 13.1. The Kier molecular flexibility index (Phi) is 3.75. The lowest BCUT2D eigenvalue weighted by Crippen LogP contribution is -2.06. The van der Waals surface area contributed by atoms with Gasteiger partial charge in [-0.25, -0.2) is 4.39 Å². The molecule has 0 heterocycles. The number of hydrogen-bond acceptors (Lipinski definition) is 2. The molecule has 0 aliphatic rings. The van der Waals surface area contributed by atoms with Crippen LogP contribution < -0.4 is 5.73 Å². The van der Waals surface area contributed by atoms with Gasteiger partial charge in [0.2, 0.25) is 0 Å². The molecule has 2 rings (SSSR count). The highest BCUT2D eigenvalue weighted by Crippen LogP contribution is 2.19. The van der Waals surface area contributed by atoms with E-state index in [9.17, 15) is 9.18 Å². The van der Waals surface area contributed by atoms with Crippen LogP contribution in [0.4, 0.5) is 4.39 Å². The van der Waals surface area contributed by atoms with Gasteiger partial charge in [-0.2, -0.15) is 0 Å². The minimum Gasteiger partial charge on any atom is -0.326 e. The molecule has 0 saturated heterocycles. The van der Waals surface area contributed by atoms with Crippen LogP contribution in [0.5, 0.6) is 0 Å². The van der Waals surface area contributed by atoms with Crippen molar-refractivity contribution >= 4 is 17.4 Å². The molecular weight excluding hydrogens is 253 g/mol. The van der Waals surface area contributed by atoms with E-state index in [2.05, 4.69) is 0 Å². The summed E-state index contributed by atoms with van der Waals surface area (Å²) in [5.74, 6) is -0.979. The lowest BCUT2D eigenvalue weighted by atomic mass is 10.0. The van der Waals surface area contributed by atoms with Crippen LogP contribution in [0, 0.1) is 5.82 Å². The minimum absolute atomic E-state index is 0.0309. The Bertz CT molecular complexity index is 598. The molecule has 4 heteroatoms. The van der Waals surface area contributed by atoms with Gasteiger partial charge < -0.3 is 5.73 Å². The summed E-state index contributed by atoms with van der Waals surface area (Å²) in [6, 6.07) is 10.7. The van der Waals surface area contributed by atoms with E-state index in [1.165, 1.54) is 18.2 Å². The summed E-state index contributed by atoms with van der Waals surface area (Å²) in [7, 11) is 0. The number of halogens is 2. The Balaban J connectivity index is 2.44. The maximum absolute atomic E-state index is 13.6. The molecule has 18 heavy (non-hydrogen) atoms. The summed E-state index contributed by atoms with van der Waals surface area (Å²) in [5, 5.41) is 0.328. The summed E-state index contributed by atoms with van der Waals surface area (Å²) in [5.41, 5.74) is 6.70. The highest BCUT2D eigenvalue weighted by atomic mass is 35.5. The Hall–Kier alpha value is -1.71. The van der Waals surface area contributed by atoms with E-state index < -0.39 is 11.6 Å². The molecule has 0 spiro atoms. The van der Waals surface area contributed by atoms with Gasteiger partial charge in [0.05, 0.1) is 5.56 Å². The molecule has 0 aromatic heterocycles. The Labute approximate surface area is 109 Å². The molecule has 0 radical (unpaired) electrons. The van der Waals surface area contributed by atoms with E-state index >= 15 is 0 Å². The zero-order valence-corrected chi connectivity index (χ0v) is 10.2. The van der Waals surface area contributed by atoms with Gasteiger partial charge in [0.15, 0.2) is 5.78 Å². The van der Waals surface area contributed by atoms with Crippen molar-refractivity contribution in [3.8, 4) is 0 Å². The third kappa shape index (κ3) is 2.58. The lowest BCUT2D eigenvalue weighted by molar-refractivity contribution is 0.103. The first-order chi connectivity index (χ1) is 8.61. The maximum atomic E-state index is 13.6. The van der Waals surface area contributed by atoms with Crippen molar-refractivity contribution in [1.29, 1.82) is 0 Å². The standard InChI is InChI=1S/C14H11ClFNO/c15-11-4-5-13(16)12(7-11)14(18)10-3-1-2-9(6-10)8-17/h1-7H,8,17H2. The topological polar surface area (TPSA) is 43.1 Å². The summed E-state index contributed by atoms with van der Waals surface area (Å²) in [6.07, 6.45) is 0. The molecule has 0 unspecified atom stereocenters. The number of carbonyl (C=O) groups excluding carboxylic acids is 1. The number of carbonyl (C=O) groups is 1. The van der Waals surface area contributed by atoms with Gasteiger partial charge in [-0.15, -0.1) is 0 Å². The predicted molar refractivity (Wildman–Crippen MR) is 69.2 cm³/mol. The summed E-state index contributed by atoms with van der Waals surface area (Å²) >= 11 is 5.77. The first-order valence-corrected chi connectivity index (χ1v) is 5.78. The predicted octanol–water partition coefficient (Wildman–Crippen LogP) is 3.17. The third-order valence-corrected chi connectivity index (χ3v) is 2.83. The van der Waals surface area contributed by atoms with Gasteiger partial charge in [-0.3, -0.25) is 4.79 Å². The number of hydrogen-bond donors (Lipinski definition) is 1. The third-order valence-electron chi connectivity index (χ3n) is 2.60. The largest absolute Gasteiger partial charge is 0.326 e. The average Bonchev–Trinajstić information content (AvgIpc) is 2.41. The first kappa shape index (κ1) is 12.7. The highest BCUT2D eigenvalue weighted by Gasteiger charge is 2.14. The van der Waals surface area contributed by atoms with Crippen LogP contribution in [-0.2, 0) is 6.54 Å². The Morgan fingerprint density at radius 2 is 2.00 bits per heavy atom. The number of nitrogens with two attached hydrogens (primary N) is 1. The van der Waals surface area contributed by atoms with Crippen LogP contribution >= 0.6 is 11.6 Å². The van der Waals surface area contributed by atoms with Crippen molar-refractivity contribution < 1.29 is 9.18 Å². The molecule has 2 nitrogen and oxygen atoms in total. The van der Waals surface area contributed by atoms with Crippen molar-refractivity contribution in [1.82, 2.24) is 0 Å². The van der Waals surface area contributed by atoms with Crippen molar-refractivity contribution in [3.05, 3.63) is 70.0 Å². The molecule has 0 amide bonds. The number of benzene rings is 2. The highest BCUT2D eigenvalue weighted by molar-refractivity contribution is 6.31. The second kappa shape index (κ2) is 5.29. The van der Waals surface area contributed by atoms with E-state index in [1.807, 2.05) is 6.07 Å². The molecule has 0 bridgehead atoms. The van der Waals surface area contributed by atoms with Crippen molar-refractivity contribution in [2.75, 3.05) is 0 Å². The van der Waals surface area contributed by atoms with Gasteiger partial charge in [0, 0.05) is 17.1 Å². The molecule has 0 atom stereocenters. The molecule has 0 fully saturated rings. The molecular formula is C14H11ClFNO. The maximum Gasteiger partial charge on any atom is 0.196 e. The second-order valence-electron chi connectivity index (χ2n) is 3.86. The van der Waals surface area contributed by atoms with Crippen LogP contribution in [0.2, 0.25) is 5.02 Å². The van der Waals surface area contributed by atoms with Gasteiger partial charge in [0.1, 0.15) is 5.82 Å². The second-order valence-corrected chi connectivity index (χ2v) is 4.29. The fourth-order valence-electron chi connectivity index (χ4n) is 1.67. The molecule has 2 N–H and O–H groups in total.